The average Bonchev–Trinajstić information content (AvgIpc) is 3.14. The van der Waals surface area contributed by atoms with E-state index in [1.807, 2.05) is 5.51 Å². The van der Waals surface area contributed by atoms with Crippen LogP contribution in [0.3, 0.4) is 0 Å². The predicted molar refractivity (Wildman–Crippen MR) is 96.2 cm³/mol. The number of nitrogens with zero attached hydrogens (tertiary/aromatic N) is 1. The number of anilines is 1. The summed E-state index contributed by atoms with van der Waals surface area (Å²) in [6.45, 7) is 6.53. The number of allylic oxidation sites excluding steroid dienone is 2. The second kappa shape index (κ2) is 5.02. The van der Waals surface area contributed by atoms with Crippen molar-refractivity contribution in [2.75, 3.05) is 5.32 Å². The van der Waals surface area contributed by atoms with Crippen molar-refractivity contribution >= 4 is 34.3 Å². The first kappa shape index (κ1) is 15.1. The molecule has 2 aliphatic rings. The van der Waals surface area contributed by atoms with E-state index in [0.29, 0.717) is 6.42 Å². The number of thiazole rings is 1. The number of carbonyl (C=O) groups is 1. The number of rotatable bonds is 2. The van der Waals surface area contributed by atoms with E-state index in [2.05, 4.69) is 48.6 Å². The Morgan fingerprint density at radius 3 is 2.83 bits per heavy atom. The number of thiophene rings is 1. The maximum absolute atomic E-state index is 13.1. The third-order valence-electron chi connectivity index (χ3n) is 5.00. The van der Waals surface area contributed by atoms with Gasteiger partial charge in [-0.3, -0.25) is 4.79 Å². The highest BCUT2D eigenvalue weighted by molar-refractivity contribution is 7.12. The van der Waals surface area contributed by atoms with Crippen molar-refractivity contribution in [1.82, 2.24) is 4.98 Å². The Morgan fingerprint density at radius 2 is 2.13 bits per heavy atom. The fourth-order valence-electron chi connectivity index (χ4n) is 4.09. The van der Waals surface area contributed by atoms with Crippen LogP contribution in [0.2, 0.25) is 0 Å². The van der Waals surface area contributed by atoms with E-state index in [4.69, 9.17) is 0 Å². The highest BCUT2D eigenvalue weighted by Gasteiger charge is 2.50. The highest BCUT2D eigenvalue weighted by Crippen LogP contribution is 2.55. The molecule has 1 aliphatic carbocycles. The van der Waals surface area contributed by atoms with E-state index in [-0.39, 0.29) is 16.6 Å². The second-order valence-corrected chi connectivity index (χ2v) is 8.99. The third-order valence-corrected chi connectivity index (χ3v) is 7.02. The van der Waals surface area contributed by atoms with E-state index in [0.717, 1.165) is 29.9 Å². The molecule has 1 atom stereocenters. The number of hydrogen-bond donors (Lipinski definition) is 1. The lowest BCUT2D eigenvalue weighted by Crippen LogP contribution is -2.42. The van der Waals surface area contributed by atoms with Crippen LogP contribution in [0.1, 0.15) is 49.8 Å². The lowest BCUT2D eigenvalue weighted by molar-refractivity contribution is -0.118. The number of fused-ring (bicyclic) bond motifs is 1. The molecule has 0 amide bonds. The smallest absolute Gasteiger partial charge is 0.162 e. The SMILES string of the molecule is CCC1(c2cccs2)C2=C(CC(C)(C)CC2=O)Nc2ncsc21. The van der Waals surface area contributed by atoms with Crippen molar-refractivity contribution in [2.45, 2.75) is 45.4 Å². The van der Waals surface area contributed by atoms with Crippen LogP contribution in [-0.4, -0.2) is 10.8 Å². The van der Waals surface area contributed by atoms with Crippen LogP contribution in [0.25, 0.3) is 0 Å². The lowest BCUT2D eigenvalue weighted by Gasteiger charge is -2.44. The summed E-state index contributed by atoms with van der Waals surface area (Å²) in [4.78, 5) is 20.1. The molecule has 0 radical (unpaired) electrons. The molecule has 120 valence electrons. The molecule has 1 N–H and O–H groups in total. The maximum Gasteiger partial charge on any atom is 0.162 e. The number of hydrogen-bond acceptors (Lipinski definition) is 5. The van der Waals surface area contributed by atoms with Gasteiger partial charge in [-0.15, -0.1) is 22.7 Å². The summed E-state index contributed by atoms with van der Waals surface area (Å²) in [6, 6.07) is 4.25. The van der Waals surface area contributed by atoms with Crippen LogP contribution in [-0.2, 0) is 10.2 Å². The first-order valence-electron chi connectivity index (χ1n) is 8.00. The molecular weight excluding hydrogens is 324 g/mol. The monoisotopic (exact) mass is 344 g/mol. The van der Waals surface area contributed by atoms with E-state index in [1.54, 1.807) is 22.7 Å². The Bertz CT molecular complexity index is 801. The van der Waals surface area contributed by atoms with Gasteiger partial charge < -0.3 is 5.32 Å². The molecule has 0 bridgehead atoms. The zero-order valence-corrected chi connectivity index (χ0v) is 15.2. The van der Waals surface area contributed by atoms with Crippen LogP contribution in [0, 0.1) is 5.41 Å². The van der Waals surface area contributed by atoms with E-state index < -0.39 is 0 Å². The van der Waals surface area contributed by atoms with Crippen LogP contribution in [0.4, 0.5) is 5.82 Å². The minimum Gasteiger partial charge on any atom is -0.342 e. The number of aromatic nitrogens is 1. The predicted octanol–water partition coefficient (Wildman–Crippen LogP) is 4.97. The molecule has 0 fully saturated rings. The highest BCUT2D eigenvalue weighted by atomic mass is 32.1. The fourth-order valence-corrected chi connectivity index (χ4v) is 6.20. The van der Waals surface area contributed by atoms with Gasteiger partial charge in [0.15, 0.2) is 5.78 Å². The fraction of sp³-hybridized carbons (Fsp3) is 0.444. The number of ketones is 1. The summed E-state index contributed by atoms with van der Waals surface area (Å²) in [5, 5.41) is 5.58. The quantitative estimate of drug-likeness (QED) is 0.836. The molecule has 0 aromatic carbocycles. The molecule has 2 aromatic rings. The van der Waals surface area contributed by atoms with Gasteiger partial charge in [0.05, 0.1) is 15.8 Å². The van der Waals surface area contributed by atoms with E-state index in [1.165, 1.54) is 9.75 Å². The summed E-state index contributed by atoms with van der Waals surface area (Å²) in [5.74, 6) is 1.23. The molecule has 5 heteroatoms. The van der Waals surface area contributed by atoms with Gasteiger partial charge in [-0.2, -0.15) is 0 Å². The minimum atomic E-state index is -0.321. The molecule has 0 spiro atoms. The third kappa shape index (κ3) is 2.06. The second-order valence-electron chi connectivity index (χ2n) is 7.19. The van der Waals surface area contributed by atoms with Crippen molar-refractivity contribution in [3.63, 3.8) is 0 Å². The van der Waals surface area contributed by atoms with Gasteiger partial charge >= 0.3 is 0 Å². The largest absolute Gasteiger partial charge is 0.342 e. The van der Waals surface area contributed by atoms with Gasteiger partial charge in [0, 0.05) is 22.6 Å². The van der Waals surface area contributed by atoms with Crippen molar-refractivity contribution in [2.24, 2.45) is 5.41 Å². The van der Waals surface area contributed by atoms with Crippen molar-refractivity contribution in [3.05, 3.63) is 44.0 Å². The number of nitrogens with one attached hydrogen (secondary N) is 1. The molecule has 1 unspecified atom stereocenters. The molecule has 23 heavy (non-hydrogen) atoms. The summed E-state index contributed by atoms with van der Waals surface area (Å²) < 4.78 is 0. The first-order chi connectivity index (χ1) is 11.0. The van der Waals surface area contributed by atoms with E-state index in [9.17, 15) is 4.79 Å². The molecule has 2 aromatic heterocycles. The Balaban J connectivity index is 2.02. The topological polar surface area (TPSA) is 42.0 Å². The average molecular weight is 345 g/mol. The zero-order valence-electron chi connectivity index (χ0n) is 13.6. The summed E-state index contributed by atoms with van der Waals surface area (Å²) >= 11 is 3.40. The Kier molecular flexibility index (Phi) is 3.29. The van der Waals surface area contributed by atoms with Crippen LogP contribution >= 0.6 is 22.7 Å². The van der Waals surface area contributed by atoms with Crippen molar-refractivity contribution in [1.29, 1.82) is 0 Å². The first-order valence-corrected chi connectivity index (χ1v) is 9.76. The van der Waals surface area contributed by atoms with Crippen LogP contribution in [0.15, 0.2) is 34.3 Å². The lowest BCUT2D eigenvalue weighted by atomic mass is 9.64. The number of Topliss-reactive ketones (excluding diaryl/α,β-unsaturated/α-hetero) is 1. The molecule has 3 nitrogen and oxygen atoms in total. The summed E-state index contributed by atoms with van der Waals surface area (Å²) in [6.07, 6.45) is 2.41. The van der Waals surface area contributed by atoms with E-state index >= 15 is 0 Å². The summed E-state index contributed by atoms with van der Waals surface area (Å²) in [7, 11) is 0. The Labute approximate surface area is 144 Å². The molecule has 1 aliphatic heterocycles. The Morgan fingerprint density at radius 1 is 1.30 bits per heavy atom. The molecule has 3 heterocycles. The molecule has 4 rings (SSSR count). The minimum absolute atomic E-state index is 0.00533. The summed E-state index contributed by atoms with van der Waals surface area (Å²) in [5.41, 5.74) is 3.65. The van der Waals surface area contributed by atoms with Gasteiger partial charge in [-0.25, -0.2) is 4.98 Å². The maximum atomic E-state index is 13.1. The molecule has 0 saturated carbocycles. The van der Waals surface area contributed by atoms with Gasteiger partial charge in [-0.05, 0) is 29.7 Å². The van der Waals surface area contributed by atoms with Gasteiger partial charge in [-0.1, -0.05) is 26.8 Å². The van der Waals surface area contributed by atoms with Crippen molar-refractivity contribution in [3.8, 4) is 0 Å². The normalized spacial score (nSPS) is 25.8. The molecular formula is C18H20N2OS2. The Hall–Kier alpha value is -1.46. The van der Waals surface area contributed by atoms with Gasteiger partial charge in [0.2, 0.25) is 0 Å². The van der Waals surface area contributed by atoms with Gasteiger partial charge in [0.1, 0.15) is 5.82 Å². The molecule has 0 saturated heterocycles. The standard InChI is InChI=1S/C18H20N2OS2/c1-4-18(13-6-5-7-22-13)14-11(8-17(2,3)9-12(14)21)20-16-15(18)23-10-19-16/h5-7,10,20H,4,8-9H2,1-3H3. The zero-order chi connectivity index (χ0) is 16.2. The number of carbonyl (C=O) groups excluding carboxylic acids is 1. The van der Waals surface area contributed by atoms with Crippen LogP contribution in [0.5, 0.6) is 0 Å². The van der Waals surface area contributed by atoms with Gasteiger partial charge in [0.25, 0.3) is 0 Å². The van der Waals surface area contributed by atoms with Crippen molar-refractivity contribution < 1.29 is 4.79 Å². The van der Waals surface area contributed by atoms with Crippen LogP contribution < -0.4 is 5.32 Å².